The van der Waals surface area contributed by atoms with E-state index in [-0.39, 0.29) is 25.0 Å². The number of furan rings is 1. The average Bonchev–Trinajstić information content (AvgIpc) is 3.47. The van der Waals surface area contributed by atoms with Crippen molar-refractivity contribution in [3.05, 3.63) is 59.7 Å². The number of likely N-dealkylation sites (tertiary alicyclic amines) is 1. The first kappa shape index (κ1) is 19.2. The van der Waals surface area contributed by atoms with Crippen LogP contribution in [0.2, 0.25) is 0 Å². The molecular formula is C21H21N3O4S. The van der Waals surface area contributed by atoms with Gasteiger partial charge in [0, 0.05) is 18.7 Å². The fourth-order valence-electron chi connectivity index (χ4n) is 3.36. The Hall–Kier alpha value is -3.13. The van der Waals surface area contributed by atoms with Crippen molar-refractivity contribution in [3.63, 3.8) is 0 Å². The highest BCUT2D eigenvalue weighted by atomic mass is 32.1. The summed E-state index contributed by atoms with van der Waals surface area (Å²) < 4.78 is 11.1. The van der Waals surface area contributed by atoms with Crippen molar-refractivity contribution in [2.24, 2.45) is 0 Å². The number of hydrogen-bond acceptors (Lipinski definition) is 5. The van der Waals surface area contributed by atoms with Crippen LogP contribution >= 0.6 is 12.2 Å². The molecule has 2 aromatic rings. The molecule has 0 atom stereocenters. The molecule has 1 aromatic heterocycles. The molecule has 0 unspecified atom stereocenters. The largest absolute Gasteiger partial charge is 0.483 e. The lowest BCUT2D eigenvalue weighted by atomic mass is 10.1. The van der Waals surface area contributed by atoms with E-state index in [4.69, 9.17) is 21.4 Å². The Morgan fingerprint density at radius 3 is 2.76 bits per heavy atom. The van der Waals surface area contributed by atoms with Crippen molar-refractivity contribution in [2.45, 2.75) is 19.4 Å². The van der Waals surface area contributed by atoms with Crippen molar-refractivity contribution in [3.8, 4) is 5.75 Å². The van der Waals surface area contributed by atoms with Gasteiger partial charge in [0.2, 0.25) is 0 Å². The van der Waals surface area contributed by atoms with Gasteiger partial charge in [-0.1, -0.05) is 18.2 Å². The number of nitrogens with zero attached hydrogens (tertiary/aromatic N) is 2. The minimum Gasteiger partial charge on any atom is -0.483 e. The quantitative estimate of drug-likeness (QED) is 0.582. The molecule has 0 radical (unpaired) electrons. The number of amides is 2. The zero-order valence-corrected chi connectivity index (χ0v) is 16.6. The van der Waals surface area contributed by atoms with Crippen molar-refractivity contribution in [2.75, 3.05) is 19.7 Å². The summed E-state index contributed by atoms with van der Waals surface area (Å²) in [5.41, 5.74) is 1.05. The summed E-state index contributed by atoms with van der Waals surface area (Å²) in [6.07, 6.45) is 5.32. The van der Waals surface area contributed by atoms with Gasteiger partial charge < -0.3 is 19.4 Å². The van der Waals surface area contributed by atoms with Crippen LogP contribution in [0.5, 0.6) is 5.75 Å². The zero-order valence-electron chi connectivity index (χ0n) is 15.8. The second-order valence-corrected chi connectivity index (χ2v) is 7.26. The van der Waals surface area contributed by atoms with Crippen LogP contribution < -0.4 is 10.1 Å². The minimum absolute atomic E-state index is 0.0224. The molecule has 0 aliphatic carbocycles. The molecule has 1 aromatic carbocycles. The highest BCUT2D eigenvalue weighted by Crippen LogP contribution is 2.24. The molecule has 2 saturated heterocycles. The van der Waals surface area contributed by atoms with Crippen LogP contribution in [0.4, 0.5) is 0 Å². The first-order valence-corrected chi connectivity index (χ1v) is 9.89. The Morgan fingerprint density at radius 2 is 2.00 bits per heavy atom. The third-order valence-corrected chi connectivity index (χ3v) is 5.21. The summed E-state index contributed by atoms with van der Waals surface area (Å²) in [4.78, 5) is 28.3. The van der Waals surface area contributed by atoms with Crippen LogP contribution in [0.3, 0.4) is 0 Å². The van der Waals surface area contributed by atoms with E-state index in [9.17, 15) is 9.59 Å². The molecular weight excluding hydrogens is 390 g/mol. The van der Waals surface area contributed by atoms with Gasteiger partial charge >= 0.3 is 0 Å². The van der Waals surface area contributed by atoms with E-state index in [1.54, 1.807) is 30.5 Å². The summed E-state index contributed by atoms with van der Waals surface area (Å²) in [6.45, 7) is 1.81. The molecule has 2 aliphatic heterocycles. The molecule has 0 saturated carbocycles. The molecule has 2 aliphatic rings. The summed E-state index contributed by atoms with van der Waals surface area (Å²) in [6, 6.07) is 10.8. The van der Waals surface area contributed by atoms with Gasteiger partial charge in [-0.25, -0.2) is 0 Å². The van der Waals surface area contributed by atoms with Gasteiger partial charge in [-0.2, -0.15) is 0 Å². The Kier molecular flexibility index (Phi) is 5.62. The second kappa shape index (κ2) is 8.48. The summed E-state index contributed by atoms with van der Waals surface area (Å²) in [5, 5.41) is 3.27. The standard InChI is InChI=1S/C21H21N3O4S/c25-19(23-9-3-4-10-23)14-28-18-8-2-1-6-15(18)12-17-20(26)24(21(29)22-17)13-16-7-5-11-27-16/h1-2,5-8,11-12H,3-4,9-10,13-14H2,(H,22,29). The van der Waals surface area contributed by atoms with Crippen LogP contribution in [-0.4, -0.2) is 46.4 Å². The first-order valence-electron chi connectivity index (χ1n) is 9.48. The van der Waals surface area contributed by atoms with E-state index in [2.05, 4.69) is 5.32 Å². The topological polar surface area (TPSA) is 75.0 Å². The Morgan fingerprint density at radius 1 is 1.21 bits per heavy atom. The number of para-hydroxylation sites is 1. The smallest absolute Gasteiger partial charge is 0.276 e. The van der Waals surface area contributed by atoms with Gasteiger partial charge in [0.25, 0.3) is 11.8 Å². The van der Waals surface area contributed by atoms with E-state index in [0.717, 1.165) is 25.9 Å². The number of benzene rings is 1. The normalized spacial score (nSPS) is 17.9. The van der Waals surface area contributed by atoms with Gasteiger partial charge in [0.1, 0.15) is 17.2 Å². The average molecular weight is 411 g/mol. The fourth-order valence-corrected chi connectivity index (χ4v) is 3.62. The molecule has 2 fully saturated rings. The van der Waals surface area contributed by atoms with E-state index >= 15 is 0 Å². The van der Waals surface area contributed by atoms with Crippen LogP contribution in [0, 0.1) is 0 Å². The Bertz CT molecular complexity index is 949. The third kappa shape index (κ3) is 4.32. The number of carbonyl (C=O) groups excluding carboxylic acids is 2. The highest BCUT2D eigenvalue weighted by molar-refractivity contribution is 7.80. The second-order valence-electron chi connectivity index (χ2n) is 6.87. The predicted octanol–water partition coefficient (Wildman–Crippen LogP) is 2.54. The summed E-state index contributed by atoms with van der Waals surface area (Å²) in [7, 11) is 0. The van der Waals surface area contributed by atoms with E-state index in [1.165, 1.54) is 4.90 Å². The molecule has 1 N–H and O–H groups in total. The molecule has 2 amide bonds. The fraction of sp³-hybridized carbons (Fsp3) is 0.286. The van der Waals surface area contributed by atoms with Gasteiger partial charge in [0.15, 0.2) is 11.7 Å². The number of carbonyl (C=O) groups is 2. The number of hydrogen-bond donors (Lipinski definition) is 1. The minimum atomic E-state index is -0.241. The van der Waals surface area contributed by atoms with E-state index in [0.29, 0.717) is 27.9 Å². The van der Waals surface area contributed by atoms with Gasteiger partial charge in [-0.3, -0.25) is 14.5 Å². The lowest BCUT2D eigenvalue weighted by molar-refractivity contribution is -0.132. The van der Waals surface area contributed by atoms with E-state index in [1.807, 2.05) is 23.1 Å². The lowest BCUT2D eigenvalue weighted by Gasteiger charge is -2.16. The van der Waals surface area contributed by atoms with Crippen LogP contribution in [0.15, 0.2) is 52.8 Å². The van der Waals surface area contributed by atoms with Crippen LogP contribution in [0.1, 0.15) is 24.2 Å². The summed E-state index contributed by atoms with van der Waals surface area (Å²) in [5.74, 6) is 0.922. The maximum atomic E-state index is 12.8. The predicted molar refractivity (Wildman–Crippen MR) is 111 cm³/mol. The lowest BCUT2D eigenvalue weighted by Crippen LogP contribution is -2.32. The van der Waals surface area contributed by atoms with Crippen molar-refractivity contribution < 1.29 is 18.7 Å². The van der Waals surface area contributed by atoms with Gasteiger partial charge in [-0.15, -0.1) is 0 Å². The zero-order chi connectivity index (χ0) is 20.2. The number of thiocarbonyl (C=S) groups is 1. The van der Waals surface area contributed by atoms with Crippen molar-refractivity contribution in [1.82, 2.24) is 15.1 Å². The monoisotopic (exact) mass is 411 g/mol. The number of rotatable bonds is 6. The molecule has 0 bridgehead atoms. The third-order valence-electron chi connectivity index (χ3n) is 4.89. The SMILES string of the molecule is O=C(COc1ccccc1C=C1NC(=S)N(Cc2ccco2)C1=O)N1CCCC1. The maximum absolute atomic E-state index is 12.8. The number of ether oxygens (including phenoxy) is 1. The molecule has 29 heavy (non-hydrogen) atoms. The van der Waals surface area contributed by atoms with Crippen LogP contribution in [0.25, 0.3) is 6.08 Å². The molecule has 3 heterocycles. The highest BCUT2D eigenvalue weighted by Gasteiger charge is 2.31. The Balaban J connectivity index is 1.47. The number of nitrogens with one attached hydrogen (secondary N) is 1. The van der Waals surface area contributed by atoms with E-state index < -0.39 is 0 Å². The molecule has 4 rings (SSSR count). The maximum Gasteiger partial charge on any atom is 0.276 e. The molecule has 0 spiro atoms. The summed E-state index contributed by atoms with van der Waals surface area (Å²) >= 11 is 5.29. The molecule has 7 nitrogen and oxygen atoms in total. The molecule has 150 valence electrons. The van der Waals surface area contributed by atoms with Crippen molar-refractivity contribution >= 4 is 35.2 Å². The molecule has 8 heteroatoms. The van der Waals surface area contributed by atoms with Crippen LogP contribution in [-0.2, 0) is 16.1 Å². The Labute approximate surface area is 173 Å². The van der Waals surface area contributed by atoms with Gasteiger partial charge in [0.05, 0.1) is 12.8 Å². The van der Waals surface area contributed by atoms with Crippen molar-refractivity contribution in [1.29, 1.82) is 0 Å². The van der Waals surface area contributed by atoms with Gasteiger partial charge in [-0.05, 0) is 49.3 Å². The first-order chi connectivity index (χ1) is 14.1.